The normalized spacial score (nSPS) is 21.5. The van der Waals surface area contributed by atoms with Crippen LogP contribution >= 0.6 is 0 Å². The van der Waals surface area contributed by atoms with Gasteiger partial charge in [0.25, 0.3) is 5.91 Å². The minimum absolute atomic E-state index is 0.00221. The molecular formula is C16H16N2O6. The maximum Gasteiger partial charge on any atom is 0.414 e. The number of hydrogen-bond acceptors (Lipinski definition) is 6. The molecule has 3 rings (SSSR count). The van der Waals surface area contributed by atoms with Gasteiger partial charge in [-0.15, -0.1) is 0 Å². The molecule has 1 aromatic rings. The average molecular weight is 332 g/mol. The Balaban J connectivity index is 1.82. The van der Waals surface area contributed by atoms with Gasteiger partial charge in [-0.2, -0.15) is 5.06 Å². The molecule has 2 unspecified atom stereocenters. The number of para-hydroxylation sites is 1. The standard InChI is InChI=1S/C16H16N2O6/c1-17(2)16(21)24-12-6-4-3-5-10(12)15(20)18(22)9-7-11(19)14-13(8-9)23-14/h3-7,13-14,22H,8H2,1-2H3. The van der Waals surface area contributed by atoms with Gasteiger partial charge in [-0.3, -0.25) is 14.8 Å². The molecule has 0 spiro atoms. The third kappa shape index (κ3) is 3.01. The van der Waals surface area contributed by atoms with Crippen LogP contribution in [0.15, 0.2) is 36.0 Å². The van der Waals surface area contributed by atoms with Gasteiger partial charge in [0.05, 0.1) is 17.4 Å². The summed E-state index contributed by atoms with van der Waals surface area (Å²) < 4.78 is 10.3. The van der Waals surface area contributed by atoms with Crippen LogP contribution in [0.5, 0.6) is 5.75 Å². The minimum atomic E-state index is -0.796. The van der Waals surface area contributed by atoms with E-state index in [4.69, 9.17) is 9.47 Å². The van der Waals surface area contributed by atoms with E-state index in [2.05, 4.69) is 0 Å². The molecule has 2 aliphatic rings. The van der Waals surface area contributed by atoms with Gasteiger partial charge in [0, 0.05) is 26.6 Å². The minimum Gasteiger partial charge on any atom is -0.409 e. The SMILES string of the molecule is CN(C)C(=O)Oc1ccccc1C(=O)N(O)C1=CC(=O)C2OC2C1. The second-order valence-electron chi connectivity index (χ2n) is 5.71. The number of carbonyl (C=O) groups excluding carboxylic acids is 3. The smallest absolute Gasteiger partial charge is 0.409 e. The van der Waals surface area contributed by atoms with Crippen molar-refractivity contribution in [2.24, 2.45) is 0 Å². The number of hydrogen-bond donors (Lipinski definition) is 1. The van der Waals surface area contributed by atoms with Crippen molar-refractivity contribution in [1.82, 2.24) is 9.96 Å². The summed E-state index contributed by atoms with van der Waals surface area (Å²) in [6.45, 7) is 0. The van der Waals surface area contributed by atoms with Crippen LogP contribution in [0.25, 0.3) is 0 Å². The molecule has 0 radical (unpaired) electrons. The number of benzene rings is 1. The van der Waals surface area contributed by atoms with E-state index in [1.807, 2.05) is 0 Å². The fourth-order valence-electron chi connectivity index (χ4n) is 2.37. The zero-order chi connectivity index (χ0) is 17.4. The lowest BCUT2D eigenvalue weighted by molar-refractivity contribution is -0.116. The Kier molecular flexibility index (Phi) is 4.08. The monoisotopic (exact) mass is 332 g/mol. The lowest BCUT2D eigenvalue weighted by Crippen LogP contribution is -2.32. The van der Waals surface area contributed by atoms with Crippen LogP contribution < -0.4 is 4.74 Å². The molecule has 24 heavy (non-hydrogen) atoms. The van der Waals surface area contributed by atoms with E-state index in [9.17, 15) is 19.6 Å². The lowest BCUT2D eigenvalue weighted by atomic mass is 10.0. The quantitative estimate of drug-likeness (QED) is 0.507. The molecule has 1 saturated heterocycles. The van der Waals surface area contributed by atoms with E-state index < -0.39 is 18.1 Å². The van der Waals surface area contributed by atoms with Crippen LogP contribution in [0, 0.1) is 0 Å². The summed E-state index contributed by atoms with van der Waals surface area (Å²) in [4.78, 5) is 37.1. The number of fused-ring (bicyclic) bond motifs is 1. The highest BCUT2D eigenvalue weighted by Gasteiger charge is 2.48. The Hall–Kier alpha value is -2.71. The molecule has 0 bridgehead atoms. The fraction of sp³-hybridized carbons (Fsp3) is 0.312. The molecule has 1 aromatic carbocycles. The maximum atomic E-state index is 12.5. The Labute approximate surface area is 137 Å². The summed E-state index contributed by atoms with van der Waals surface area (Å²) in [7, 11) is 3.02. The molecule has 1 N–H and O–H groups in total. The number of epoxide rings is 1. The number of carbonyl (C=O) groups is 3. The van der Waals surface area contributed by atoms with Gasteiger partial charge in [-0.1, -0.05) is 12.1 Å². The van der Waals surface area contributed by atoms with Gasteiger partial charge < -0.3 is 14.4 Å². The van der Waals surface area contributed by atoms with Crippen molar-refractivity contribution in [3.8, 4) is 5.75 Å². The van der Waals surface area contributed by atoms with E-state index in [0.717, 1.165) is 0 Å². The number of hydroxylamine groups is 2. The maximum absolute atomic E-state index is 12.5. The third-order valence-electron chi connectivity index (χ3n) is 3.73. The molecule has 2 atom stereocenters. The van der Waals surface area contributed by atoms with Crippen molar-refractivity contribution in [3.63, 3.8) is 0 Å². The Morgan fingerprint density at radius 3 is 2.67 bits per heavy atom. The molecule has 8 nitrogen and oxygen atoms in total. The first-order valence-corrected chi connectivity index (χ1v) is 7.30. The van der Waals surface area contributed by atoms with Crippen molar-refractivity contribution >= 4 is 17.8 Å². The van der Waals surface area contributed by atoms with Crippen LogP contribution in [-0.2, 0) is 9.53 Å². The Morgan fingerprint density at radius 2 is 2.00 bits per heavy atom. The summed E-state index contributed by atoms with van der Waals surface area (Å²) in [6.07, 6.45) is 0.0621. The van der Waals surface area contributed by atoms with Gasteiger partial charge in [-0.25, -0.2) is 4.79 Å². The summed E-state index contributed by atoms with van der Waals surface area (Å²) >= 11 is 0. The highest BCUT2D eigenvalue weighted by atomic mass is 16.6. The first-order valence-electron chi connectivity index (χ1n) is 7.30. The number of ether oxygens (including phenoxy) is 2. The van der Waals surface area contributed by atoms with Gasteiger partial charge in [0.1, 0.15) is 11.9 Å². The summed E-state index contributed by atoms with van der Waals surface area (Å²) in [5.41, 5.74) is 0.153. The lowest BCUT2D eigenvalue weighted by Gasteiger charge is -2.21. The summed E-state index contributed by atoms with van der Waals surface area (Å²) in [5.74, 6) is -1.06. The third-order valence-corrected chi connectivity index (χ3v) is 3.73. The predicted octanol–water partition coefficient (Wildman–Crippen LogP) is 1.20. The second kappa shape index (κ2) is 6.06. The summed E-state index contributed by atoms with van der Waals surface area (Å²) in [6, 6.07) is 6.05. The topological polar surface area (TPSA) is 99.7 Å². The molecule has 0 aromatic heterocycles. The van der Waals surface area contributed by atoms with E-state index >= 15 is 0 Å². The van der Waals surface area contributed by atoms with Gasteiger partial charge in [0.15, 0.2) is 5.78 Å². The molecule has 1 aliphatic carbocycles. The van der Waals surface area contributed by atoms with Crippen LogP contribution in [-0.4, -0.2) is 59.3 Å². The first-order chi connectivity index (χ1) is 11.4. The van der Waals surface area contributed by atoms with E-state index in [1.165, 1.54) is 37.2 Å². The van der Waals surface area contributed by atoms with Crippen LogP contribution in [0.4, 0.5) is 4.79 Å². The number of rotatable bonds is 3. The van der Waals surface area contributed by atoms with Crippen molar-refractivity contribution in [2.75, 3.05) is 14.1 Å². The van der Waals surface area contributed by atoms with Crippen molar-refractivity contribution in [2.45, 2.75) is 18.6 Å². The Morgan fingerprint density at radius 1 is 1.29 bits per heavy atom. The fourth-order valence-corrected chi connectivity index (χ4v) is 2.37. The largest absolute Gasteiger partial charge is 0.414 e. The molecule has 1 fully saturated rings. The van der Waals surface area contributed by atoms with Crippen molar-refractivity contribution in [3.05, 3.63) is 41.6 Å². The zero-order valence-electron chi connectivity index (χ0n) is 13.1. The zero-order valence-corrected chi connectivity index (χ0v) is 13.1. The van der Waals surface area contributed by atoms with Crippen molar-refractivity contribution < 1.29 is 29.1 Å². The molecule has 0 saturated carbocycles. The van der Waals surface area contributed by atoms with Crippen LogP contribution in [0.1, 0.15) is 16.8 Å². The Bertz CT molecular complexity index is 742. The predicted molar refractivity (Wildman–Crippen MR) is 80.5 cm³/mol. The van der Waals surface area contributed by atoms with E-state index in [1.54, 1.807) is 12.1 Å². The van der Waals surface area contributed by atoms with Crippen LogP contribution in [0.3, 0.4) is 0 Å². The van der Waals surface area contributed by atoms with E-state index in [-0.39, 0.29) is 35.3 Å². The molecule has 1 aliphatic heterocycles. The van der Waals surface area contributed by atoms with E-state index in [0.29, 0.717) is 5.06 Å². The molecule has 126 valence electrons. The number of amides is 2. The average Bonchev–Trinajstić information content (AvgIpc) is 3.34. The highest BCUT2D eigenvalue weighted by Crippen LogP contribution is 2.35. The molecule has 8 heteroatoms. The van der Waals surface area contributed by atoms with Gasteiger partial charge in [0.2, 0.25) is 0 Å². The molecule has 1 heterocycles. The second-order valence-corrected chi connectivity index (χ2v) is 5.71. The number of ketones is 1. The molecular weight excluding hydrogens is 316 g/mol. The first kappa shape index (κ1) is 16.2. The number of nitrogens with zero attached hydrogens (tertiary/aromatic N) is 2. The van der Waals surface area contributed by atoms with Crippen LogP contribution in [0.2, 0.25) is 0 Å². The van der Waals surface area contributed by atoms with Crippen molar-refractivity contribution in [1.29, 1.82) is 0 Å². The highest BCUT2D eigenvalue weighted by molar-refractivity contribution is 6.01. The van der Waals surface area contributed by atoms with Gasteiger partial charge >= 0.3 is 6.09 Å². The summed E-state index contributed by atoms with van der Waals surface area (Å²) in [5, 5.41) is 10.6. The van der Waals surface area contributed by atoms with Gasteiger partial charge in [-0.05, 0) is 12.1 Å². The molecule has 2 amide bonds.